The van der Waals surface area contributed by atoms with Crippen molar-refractivity contribution in [3.05, 3.63) is 35.6 Å². The Balaban J connectivity index is 1.92. The number of halogens is 1. The van der Waals surface area contributed by atoms with Crippen molar-refractivity contribution in [2.45, 2.75) is 32.9 Å². The number of benzene rings is 1. The highest BCUT2D eigenvalue weighted by Crippen LogP contribution is 2.28. The predicted octanol–water partition coefficient (Wildman–Crippen LogP) is 2.29. The maximum absolute atomic E-state index is 12.8. The van der Waals surface area contributed by atoms with Crippen LogP contribution in [0.2, 0.25) is 0 Å². The molecule has 0 bridgehead atoms. The van der Waals surface area contributed by atoms with Gasteiger partial charge >= 0.3 is 0 Å². The van der Waals surface area contributed by atoms with Crippen LogP contribution in [-0.2, 0) is 6.54 Å². The normalized spacial score (nSPS) is 22.7. The first-order chi connectivity index (χ1) is 8.69. The Hall–Kier alpha value is -1.58. The minimum Gasteiger partial charge on any atom is -0.357 e. The summed E-state index contributed by atoms with van der Waals surface area (Å²) in [7, 11) is 0. The third kappa shape index (κ3) is 3.72. The Morgan fingerprint density at radius 1 is 1.39 bits per heavy atom. The highest BCUT2D eigenvalue weighted by Gasteiger charge is 2.33. The van der Waals surface area contributed by atoms with Crippen LogP contribution in [0.1, 0.15) is 25.8 Å². The smallest absolute Gasteiger partial charge is 0.191 e. The second-order valence-electron chi connectivity index (χ2n) is 4.79. The zero-order valence-corrected chi connectivity index (χ0v) is 10.9. The van der Waals surface area contributed by atoms with Gasteiger partial charge in [0.05, 0.1) is 6.54 Å². The highest BCUT2D eigenvalue weighted by atomic mass is 19.1. The van der Waals surface area contributed by atoms with Crippen molar-refractivity contribution < 1.29 is 4.39 Å². The summed E-state index contributed by atoms with van der Waals surface area (Å²) in [6.07, 6.45) is 1.21. The summed E-state index contributed by atoms with van der Waals surface area (Å²) in [5.41, 5.74) is 1.01. The molecule has 2 rings (SSSR count). The maximum atomic E-state index is 12.8. The van der Waals surface area contributed by atoms with Gasteiger partial charge in [0, 0.05) is 12.6 Å². The van der Waals surface area contributed by atoms with Crippen LogP contribution < -0.4 is 10.6 Å². The van der Waals surface area contributed by atoms with E-state index in [2.05, 4.69) is 22.5 Å². The monoisotopic (exact) mass is 249 g/mol. The molecule has 4 heteroatoms. The maximum Gasteiger partial charge on any atom is 0.191 e. The van der Waals surface area contributed by atoms with Crippen LogP contribution in [0, 0.1) is 11.7 Å². The van der Waals surface area contributed by atoms with Crippen LogP contribution in [0.25, 0.3) is 0 Å². The van der Waals surface area contributed by atoms with Crippen molar-refractivity contribution in [3.63, 3.8) is 0 Å². The van der Waals surface area contributed by atoms with Gasteiger partial charge in [0.25, 0.3) is 0 Å². The number of guanidine groups is 1. The number of nitrogens with zero attached hydrogens (tertiary/aromatic N) is 1. The quantitative estimate of drug-likeness (QED) is 0.634. The van der Waals surface area contributed by atoms with E-state index in [1.807, 2.05) is 6.92 Å². The fraction of sp³-hybridized carbons (Fsp3) is 0.500. The summed E-state index contributed by atoms with van der Waals surface area (Å²) in [5.74, 6) is 1.37. The summed E-state index contributed by atoms with van der Waals surface area (Å²) in [6, 6.07) is 7.02. The molecule has 0 heterocycles. The van der Waals surface area contributed by atoms with E-state index in [1.54, 1.807) is 12.1 Å². The number of nitrogens with one attached hydrogen (secondary N) is 2. The Kier molecular flexibility index (Phi) is 4.18. The first-order valence-corrected chi connectivity index (χ1v) is 6.48. The lowest BCUT2D eigenvalue weighted by molar-refractivity contribution is 0.627. The van der Waals surface area contributed by atoms with Gasteiger partial charge in [-0.2, -0.15) is 0 Å². The van der Waals surface area contributed by atoms with Crippen LogP contribution in [0.3, 0.4) is 0 Å². The molecule has 0 radical (unpaired) electrons. The Morgan fingerprint density at radius 2 is 2.06 bits per heavy atom. The zero-order valence-electron chi connectivity index (χ0n) is 10.9. The second-order valence-corrected chi connectivity index (χ2v) is 4.79. The highest BCUT2D eigenvalue weighted by molar-refractivity contribution is 5.80. The third-order valence-corrected chi connectivity index (χ3v) is 3.11. The molecule has 1 aromatic rings. The van der Waals surface area contributed by atoms with E-state index >= 15 is 0 Å². The minimum atomic E-state index is -0.209. The van der Waals surface area contributed by atoms with E-state index in [0.717, 1.165) is 24.0 Å². The molecule has 1 aliphatic rings. The van der Waals surface area contributed by atoms with E-state index in [0.29, 0.717) is 12.6 Å². The summed E-state index contributed by atoms with van der Waals surface area (Å²) in [6.45, 7) is 5.68. The standard InChI is InChI=1S/C14H20FN3/c1-3-16-14(18-13-8-10(13)2)17-9-11-4-6-12(15)7-5-11/h4-7,10,13H,3,8-9H2,1-2H3,(H2,16,17,18). The molecule has 2 N–H and O–H groups in total. The molecule has 1 aromatic carbocycles. The van der Waals surface area contributed by atoms with E-state index in [4.69, 9.17) is 0 Å². The number of hydrogen-bond acceptors (Lipinski definition) is 1. The molecule has 0 aromatic heterocycles. The Labute approximate surface area is 108 Å². The van der Waals surface area contributed by atoms with Crippen molar-refractivity contribution >= 4 is 5.96 Å². The van der Waals surface area contributed by atoms with Crippen LogP contribution in [0.5, 0.6) is 0 Å². The molecule has 0 aliphatic heterocycles. The van der Waals surface area contributed by atoms with E-state index in [1.165, 1.54) is 18.6 Å². The summed E-state index contributed by atoms with van der Waals surface area (Å²) in [4.78, 5) is 4.50. The molecular formula is C14H20FN3. The average Bonchev–Trinajstić information content (AvgIpc) is 3.04. The lowest BCUT2D eigenvalue weighted by Crippen LogP contribution is -2.39. The first kappa shape index (κ1) is 12.9. The van der Waals surface area contributed by atoms with Gasteiger partial charge in [-0.3, -0.25) is 0 Å². The first-order valence-electron chi connectivity index (χ1n) is 6.48. The molecule has 3 nitrogen and oxygen atoms in total. The van der Waals surface area contributed by atoms with Gasteiger partial charge in [-0.05, 0) is 37.0 Å². The molecule has 2 unspecified atom stereocenters. The van der Waals surface area contributed by atoms with Crippen LogP contribution in [0.4, 0.5) is 4.39 Å². The number of hydrogen-bond donors (Lipinski definition) is 2. The molecule has 1 fully saturated rings. The second kappa shape index (κ2) is 5.85. The molecule has 98 valence electrons. The fourth-order valence-electron chi connectivity index (χ4n) is 1.78. The van der Waals surface area contributed by atoms with Gasteiger partial charge in [0.15, 0.2) is 5.96 Å². The lowest BCUT2D eigenvalue weighted by Gasteiger charge is -2.10. The van der Waals surface area contributed by atoms with E-state index in [-0.39, 0.29) is 5.82 Å². The van der Waals surface area contributed by atoms with Gasteiger partial charge in [-0.15, -0.1) is 0 Å². The molecular weight excluding hydrogens is 229 g/mol. The molecule has 1 saturated carbocycles. The van der Waals surface area contributed by atoms with Crippen LogP contribution in [-0.4, -0.2) is 18.5 Å². The lowest BCUT2D eigenvalue weighted by atomic mass is 10.2. The Morgan fingerprint density at radius 3 is 2.61 bits per heavy atom. The van der Waals surface area contributed by atoms with Crippen LogP contribution >= 0.6 is 0 Å². The Bertz CT molecular complexity index is 414. The van der Waals surface area contributed by atoms with Crippen molar-refractivity contribution in [3.8, 4) is 0 Å². The number of aliphatic imine (C=N–C) groups is 1. The van der Waals surface area contributed by atoms with Gasteiger partial charge in [-0.1, -0.05) is 19.1 Å². The van der Waals surface area contributed by atoms with Crippen LogP contribution in [0.15, 0.2) is 29.3 Å². The molecule has 0 spiro atoms. The predicted molar refractivity (Wildman–Crippen MR) is 71.9 cm³/mol. The fourth-order valence-corrected chi connectivity index (χ4v) is 1.78. The average molecular weight is 249 g/mol. The van der Waals surface area contributed by atoms with Gasteiger partial charge < -0.3 is 10.6 Å². The molecule has 0 amide bonds. The van der Waals surface area contributed by atoms with Gasteiger partial charge in [-0.25, -0.2) is 9.38 Å². The third-order valence-electron chi connectivity index (χ3n) is 3.11. The van der Waals surface area contributed by atoms with Gasteiger partial charge in [0.2, 0.25) is 0 Å². The summed E-state index contributed by atoms with van der Waals surface area (Å²) < 4.78 is 12.8. The number of rotatable bonds is 4. The molecule has 0 saturated heterocycles. The van der Waals surface area contributed by atoms with Crippen molar-refractivity contribution in [1.29, 1.82) is 0 Å². The zero-order chi connectivity index (χ0) is 13.0. The summed E-state index contributed by atoms with van der Waals surface area (Å²) >= 11 is 0. The molecule has 2 atom stereocenters. The largest absolute Gasteiger partial charge is 0.357 e. The molecule has 18 heavy (non-hydrogen) atoms. The van der Waals surface area contributed by atoms with E-state index in [9.17, 15) is 4.39 Å². The van der Waals surface area contributed by atoms with Crippen molar-refractivity contribution in [2.75, 3.05) is 6.54 Å². The van der Waals surface area contributed by atoms with E-state index < -0.39 is 0 Å². The topological polar surface area (TPSA) is 36.4 Å². The minimum absolute atomic E-state index is 0.209. The summed E-state index contributed by atoms with van der Waals surface area (Å²) in [5, 5.41) is 6.61. The SMILES string of the molecule is CCNC(=NCc1ccc(F)cc1)NC1CC1C. The molecule has 1 aliphatic carbocycles. The van der Waals surface area contributed by atoms with Gasteiger partial charge in [0.1, 0.15) is 5.82 Å². The van der Waals surface area contributed by atoms with Crippen molar-refractivity contribution in [2.24, 2.45) is 10.9 Å². The van der Waals surface area contributed by atoms with Crippen molar-refractivity contribution in [1.82, 2.24) is 10.6 Å².